The van der Waals surface area contributed by atoms with E-state index in [4.69, 9.17) is 5.11 Å². The number of piperidine rings is 2. The van der Waals surface area contributed by atoms with Gasteiger partial charge < -0.3 is 19.8 Å². The SMILES string of the molecule is CC1CC(C(=O)O)CCN1C(=O)N1CCC(N(C)C)CC1. The predicted octanol–water partition coefficient (Wildman–Crippen LogP) is 1.32. The van der Waals surface area contributed by atoms with Crippen molar-refractivity contribution in [2.75, 3.05) is 33.7 Å². The molecule has 0 aliphatic carbocycles. The van der Waals surface area contributed by atoms with Crippen LogP contribution < -0.4 is 0 Å². The van der Waals surface area contributed by atoms with E-state index in [1.807, 2.05) is 16.7 Å². The fraction of sp³-hybridized carbons (Fsp3) is 0.867. The van der Waals surface area contributed by atoms with E-state index in [0.717, 1.165) is 25.9 Å². The Kier molecular flexibility index (Phi) is 5.08. The van der Waals surface area contributed by atoms with Crippen molar-refractivity contribution in [3.8, 4) is 0 Å². The Hall–Kier alpha value is -1.30. The molecule has 6 heteroatoms. The van der Waals surface area contributed by atoms with Gasteiger partial charge in [0.05, 0.1) is 5.92 Å². The van der Waals surface area contributed by atoms with Crippen molar-refractivity contribution in [1.82, 2.24) is 14.7 Å². The zero-order valence-electron chi connectivity index (χ0n) is 13.3. The standard InChI is InChI=1S/C15H27N3O3/c1-11-10-12(14(19)20)4-9-18(11)15(21)17-7-5-13(6-8-17)16(2)3/h11-13H,4-10H2,1-3H3,(H,19,20). The van der Waals surface area contributed by atoms with Gasteiger partial charge in [-0.2, -0.15) is 0 Å². The Bertz CT molecular complexity index is 392. The fourth-order valence-electron chi connectivity index (χ4n) is 3.44. The summed E-state index contributed by atoms with van der Waals surface area (Å²) in [4.78, 5) is 29.7. The van der Waals surface area contributed by atoms with Gasteiger partial charge in [0.15, 0.2) is 0 Å². The zero-order valence-corrected chi connectivity index (χ0v) is 13.3. The molecule has 0 aromatic carbocycles. The number of aliphatic carboxylic acids is 1. The van der Waals surface area contributed by atoms with Crippen LogP contribution >= 0.6 is 0 Å². The van der Waals surface area contributed by atoms with Crippen LogP contribution in [0.4, 0.5) is 4.79 Å². The molecule has 0 bridgehead atoms. The van der Waals surface area contributed by atoms with Gasteiger partial charge in [0.25, 0.3) is 0 Å². The molecule has 2 fully saturated rings. The van der Waals surface area contributed by atoms with Crippen LogP contribution in [0.25, 0.3) is 0 Å². The topological polar surface area (TPSA) is 64.1 Å². The van der Waals surface area contributed by atoms with Crippen LogP contribution in [-0.4, -0.2) is 77.6 Å². The van der Waals surface area contributed by atoms with Crippen LogP contribution in [0.15, 0.2) is 0 Å². The first-order valence-corrected chi connectivity index (χ1v) is 7.85. The Labute approximate surface area is 126 Å². The second-order valence-electron chi connectivity index (χ2n) is 6.57. The summed E-state index contributed by atoms with van der Waals surface area (Å²) in [6, 6.07) is 0.659. The van der Waals surface area contributed by atoms with Crippen molar-refractivity contribution in [2.45, 2.75) is 44.7 Å². The van der Waals surface area contributed by atoms with E-state index in [0.29, 0.717) is 25.4 Å². The summed E-state index contributed by atoms with van der Waals surface area (Å²) in [5.74, 6) is -1.04. The first-order valence-electron chi connectivity index (χ1n) is 7.85. The second kappa shape index (κ2) is 6.64. The zero-order chi connectivity index (χ0) is 15.6. The van der Waals surface area contributed by atoms with Crippen molar-refractivity contribution in [1.29, 1.82) is 0 Å². The van der Waals surface area contributed by atoms with Crippen LogP contribution in [0.2, 0.25) is 0 Å². The number of rotatable bonds is 2. The largest absolute Gasteiger partial charge is 0.481 e. The molecule has 2 aliphatic heterocycles. The average molecular weight is 297 g/mol. The minimum atomic E-state index is -0.735. The van der Waals surface area contributed by atoms with Crippen LogP contribution in [-0.2, 0) is 4.79 Å². The molecule has 120 valence electrons. The molecule has 6 nitrogen and oxygen atoms in total. The van der Waals surface area contributed by atoms with Crippen molar-refractivity contribution in [3.05, 3.63) is 0 Å². The molecular weight excluding hydrogens is 270 g/mol. The first kappa shape index (κ1) is 16.1. The van der Waals surface area contributed by atoms with Gasteiger partial charge in [-0.25, -0.2) is 4.79 Å². The molecule has 0 spiro atoms. The fourth-order valence-corrected chi connectivity index (χ4v) is 3.44. The highest BCUT2D eigenvalue weighted by atomic mass is 16.4. The van der Waals surface area contributed by atoms with E-state index < -0.39 is 5.97 Å². The quantitative estimate of drug-likeness (QED) is 0.835. The van der Waals surface area contributed by atoms with E-state index in [9.17, 15) is 9.59 Å². The molecule has 0 aromatic rings. The molecule has 2 unspecified atom stereocenters. The van der Waals surface area contributed by atoms with Crippen LogP contribution in [0.3, 0.4) is 0 Å². The Balaban J connectivity index is 1.88. The van der Waals surface area contributed by atoms with Gasteiger partial charge in [-0.05, 0) is 46.7 Å². The molecule has 0 aromatic heterocycles. The van der Waals surface area contributed by atoms with Gasteiger partial charge in [0.1, 0.15) is 0 Å². The molecule has 2 amide bonds. The number of hydrogen-bond donors (Lipinski definition) is 1. The number of carbonyl (C=O) groups excluding carboxylic acids is 1. The number of hydrogen-bond acceptors (Lipinski definition) is 3. The molecule has 0 saturated carbocycles. The van der Waals surface area contributed by atoms with E-state index >= 15 is 0 Å². The van der Waals surface area contributed by atoms with Gasteiger partial charge >= 0.3 is 12.0 Å². The van der Waals surface area contributed by atoms with Crippen molar-refractivity contribution in [3.63, 3.8) is 0 Å². The average Bonchev–Trinajstić information content (AvgIpc) is 2.46. The van der Waals surface area contributed by atoms with Crippen molar-refractivity contribution < 1.29 is 14.7 Å². The van der Waals surface area contributed by atoms with Gasteiger partial charge in [-0.15, -0.1) is 0 Å². The molecule has 2 saturated heterocycles. The summed E-state index contributed by atoms with van der Waals surface area (Å²) in [7, 11) is 4.17. The highest BCUT2D eigenvalue weighted by Crippen LogP contribution is 2.25. The first-order chi connectivity index (χ1) is 9.90. The minimum Gasteiger partial charge on any atom is -0.481 e. The predicted molar refractivity (Wildman–Crippen MR) is 80.2 cm³/mol. The summed E-state index contributed by atoms with van der Waals surface area (Å²) < 4.78 is 0. The molecule has 2 heterocycles. The highest BCUT2D eigenvalue weighted by Gasteiger charge is 2.35. The van der Waals surface area contributed by atoms with E-state index in [-0.39, 0.29) is 18.0 Å². The summed E-state index contributed by atoms with van der Waals surface area (Å²) in [5.41, 5.74) is 0. The number of amides is 2. The maximum atomic E-state index is 12.6. The molecule has 2 aliphatic rings. The highest BCUT2D eigenvalue weighted by molar-refractivity contribution is 5.76. The second-order valence-corrected chi connectivity index (χ2v) is 6.57. The molecular formula is C15H27N3O3. The Morgan fingerprint density at radius 3 is 2.19 bits per heavy atom. The third-order valence-corrected chi connectivity index (χ3v) is 4.94. The van der Waals surface area contributed by atoms with E-state index in [1.54, 1.807) is 0 Å². The van der Waals surface area contributed by atoms with Crippen LogP contribution in [0, 0.1) is 5.92 Å². The van der Waals surface area contributed by atoms with Gasteiger partial charge in [-0.1, -0.05) is 0 Å². The number of urea groups is 1. The Morgan fingerprint density at radius 1 is 1.10 bits per heavy atom. The third kappa shape index (κ3) is 3.67. The number of nitrogens with zero attached hydrogens (tertiary/aromatic N) is 3. The maximum Gasteiger partial charge on any atom is 0.320 e. The molecule has 0 radical (unpaired) electrons. The van der Waals surface area contributed by atoms with Gasteiger partial charge in [0, 0.05) is 31.7 Å². The van der Waals surface area contributed by atoms with Crippen molar-refractivity contribution in [2.24, 2.45) is 5.92 Å². The maximum absolute atomic E-state index is 12.6. The smallest absolute Gasteiger partial charge is 0.320 e. The molecule has 1 N–H and O–H groups in total. The number of likely N-dealkylation sites (tertiary alicyclic amines) is 2. The summed E-state index contributed by atoms with van der Waals surface area (Å²) >= 11 is 0. The monoisotopic (exact) mass is 297 g/mol. The van der Waals surface area contributed by atoms with E-state index in [1.165, 1.54) is 0 Å². The minimum absolute atomic E-state index is 0.0129. The van der Waals surface area contributed by atoms with Gasteiger partial charge in [0.2, 0.25) is 0 Å². The lowest BCUT2D eigenvalue weighted by Crippen LogP contribution is -2.54. The number of carboxylic acids is 1. The number of carbonyl (C=O) groups is 2. The summed E-state index contributed by atoms with van der Waals surface area (Å²) in [5, 5.41) is 9.09. The lowest BCUT2D eigenvalue weighted by Gasteiger charge is -2.42. The van der Waals surface area contributed by atoms with Crippen LogP contribution in [0.5, 0.6) is 0 Å². The van der Waals surface area contributed by atoms with Crippen molar-refractivity contribution >= 4 is 12.0 Å². The molecule has 2 rings (SSSR count). The van der Waals surface area contributed by atoms with E-state index in [2.05, 4.69) is 19.0 Å². The lowest BCUT2D eigenvalue weighted by molar-refractivity contribution is -0.143. The number of carboxylic acid groups (broad SMARTS) is 1. The summed E-state index contributed by atoms with van der Waals surface area (Å²) in [6.07, 6.45) is 3.16. The summed E-state index contributed by atoms with van der Waals surface area (Å²) in [6.45, 7) is 4.12. The molecule has 21 heavy (non-hydrogen) atoms. The van der Waals surface area contributed by atoms with Crippen LogP contribution in [0.1, 0.15) is 32.6 Å². The lowest BCUT2D eigenvalue weighted by atomic mass is 9.92. The molecule has 2 atom stereocenters. The third-order valence-electron chi connectivity index (χ3n) is 4.94. The normalized spacial score (nSPS) is 28.0. The van der Waals surface area contributed by atoms with Gasteiger partial charge in [-0.3, -0.25) is 4.79 Å². The Morgan fingerprint density at radius 2 is 1.71 bits per heavy atom.